The van der Waals surface area contributed by atoms with Crippen molar-refractivity contribution in [1.29, 1.82) is 0 Å². The fourth-order valence-corrected chi connectivity index (χ4v) is 3.76. The maximum Gasteiger partial charge on any atom is 0.164 e. The smallest absolute Gasteiger partial charge is 0.164 e. The topological polar surface area (TPSA) is 53.7 Å². The molecule has 22 heavy (non-hydrogen) atoms. The van der Waals surface area contributed by atoms with Gasteiger partial charge in [-0.2, -0.15) is 0 Å². The molecule has 122 valence electrons. The summed E-state index contributed by atoms with van der Waals surface area (Å²) in [5.41, 5.74) is 7.44. The lowest BCUT2D eigenvalue weighted by atomic mass is 9.77. The van der Waals surface area contributed by atoms with E-state index in [0.717, 1.165) is 42.1 Å². The van der Waals surface area contributed by atoms with Crippen LogP contribution in [0.15, 0.2) is 12.1 Å². The number of benzene rings is 1. The lowest BCUT2D eigenvalue weighted by Gasteiger charge is -2.43. The molecule has 0 aromatic heterocycles. The number of hydrogen-bond acceptors (Lipinski definition) is 4. The van der Waals surface area contributed by atoms with Crippen molar-refractivity contribution >= 4 is 0 Å². The van der Waals surface area contributed by atoms with E-state index in [1.807, 2.05) is 26.0 Å². The van der Waals surface area contributed by atoms with Gasteiger partial charge >= 0.3 is 0 Å². The van der Waals surface area contributed by atoms with Crippen LogP contribution < -0.4 is 19.9 Å². The normalized spacial score (nSPS) is 22.8. The summed E-state index contributed by atoms with van der Waals surface area (Å²) in [6, 6.07) is 3.99. The maximum atomic E-state index is 6.46. The van der Waals surface area contributed by atoms with Gasteiger partial charge < -0.3 is 19.9 Å². The van der Waals surface area contributed by atoms with Crippen LogP contribution in [0.25, 0.3) is 0 Å². The van der Waals surface area contributed by atoms with Gasteiger partial charge in [0, 0.05) is 24.1 Å². The molecule has 3 rings (SSSR count). The molecule has 0 radical (unpaired) electrons. The molecule has 1 fully saturated rings. The summed E-state index contributed by atoms with van der Waals surface area (Å²) < 4.78 is 17.9. The molecule has 1 atom stereocenters. The largest absolute Gasteiger partial charge is 0.490 e. The molecule has 4 heteroatoms. The van der Waals surface area contributed by atoms with Crippen LogP contribution in [0.4, 0.5) is 0 Å². The van der Waals surface area contributed by atoms with Crippen LogP contribution in [-0.4, -0.2) is 18.8 Å². The summed E-state index contributed by atoms with van der Waals surface area (Å²) in [7, 11) is 0. The molecule has 4 nitrogen and oxygen atoms in total. The fraction of sp³-hybridized carbons (Fsp3) is 0.667. The van der Waals surface area contributed by atoms with Crippen LogP contribution in [0.1, 0.15) is 64.0 Å². The standard InChI is InChI=1S/C18H27NO3/c1-3-20-16-10-13-14(19)12-18(8-6-5-7-9-18)22-15(13)11-17(16)21-4-2/h10-11,14H,3-9,12,19H2,1-2H3. The number of nitrogens with two attached hydrogens (primary N) is 1. The number of hydrogen-bond donors (Lipinski definition) is 1. The Hall–Kier alpha value is -1.42. The van der Waals surface area contributed by atoms with Gasteiger partial charge in [0.05, 0.1) is 13.2 Å². The first-order chi connectivity index (χ1) is 10.7. The highest BCUT2D eigenvalue weighted by molar-refractivity contribution is 5.53. The summed E-state index contributed by atoms with van der Waals surface area (Å²) in [6.45, 7) is 5.17. The summed E-state index contributed by atoms with van der Waals surface area (Å²) in [5, 5.41) is 0. The Balaban J connectivity index is 1.95. The quantitative estimate of drug-likeness (QED) is 0.914. The highest BCUT2D eigenvalue weighted by Gasteiger charge is 2.41. The maximum absolute atomic E-state index is 6.46. The molecule has 1 aliphatic carbocycles. The molecule has 1 aromatic carbocycles. The average molecular weight is 305 g/mol. The molecule has 0 saturated heterocycles. The van der Waals surface area contributed by atoms with Gasteiger partial charge in [0.25, 0.3) is 0 Å². The first-order valence-electron chi connectivity index (χ1n) is 8.55. The zero-order valence-electron chi connectivity index (χ0n) is 13.7. The minimum absolute atomic E-state index is 0.0109. The van der Waals surface area contributed by atoms with Crippen molar-refractivity contribution in [3.63, 3.8) is 0 Å². The fourth-order valence-electron chi connectivity index (χ4n) is 3.76. The van der Waals surface area contributed by atoms with Gasteiger partial charge in [0.1, 0.15) is 11.4 Å². The molecule has 2 N–H and O–H groups in total. The van der Waals surface area contributed by atoms with Crippen LogP contribution in [0.3, 0.4) is 0 Å². The summed E-state index contributed by atoms with van der Waals surface area (Å²) in [5.74, 6) is 2.40. The Bertz CT molecular complexity index is 523. The first-order valence-corrected chi connectivity index (χ1v) is 8.55. The average Bonchev–Trinajstić information content (AvgIpc) is 2.50. The summed E-state index contributed by atoms with van der Waals surface area (Å²) in [4.78, 5) is 0. The van der Waals surface area contributed by atoms with E-state index >= 15 is 0 Å². The second-order valence-electron chi connectivity index (χ2n) is 6.36. The Morgan fingerprint density at radius 3 is 2.36 bits per heavy atom. The van der Waals surface area contributed by atoms with Crippen LogP contribution in [0.5, 0.6) is 17.2 Å². The Kier molecular flexibility index (Phi) is 4.48. The predicted molar refractivity (Wildman–Crippen MR) is 86.8 cm³/mol. The van der Waals surface area contributed by atoms with Gasteiger partial charge in [-0.25, -0.2) is 0 Å². The van der Waals surface area contributed by atoms with E-state index in [1.54, 1.807) is 0 Å². The molecule has 1 aromatic rings. The van der Waals surface area contributed by atoms with Crippen molar-refractivity contribution in [3.8, 4) is 17.2 Å². The van der Waals surface area contributed by atoms with E-state index < -0.39 is 0 Å². The molecule has 1 aliphatic heterocycles. The van der Waals surface area contributed by atoms with Gasteiger partial charge in [0.15, 0.2) is 11.5 Å². The number of fused-ring (bicyclic) bond motifs is 1. The van der Waals surface area contributed by atoms with Gasteiger partial charge in [-0.05, 0) is 45.6 Å². The molecule has 1 spiro atoms. The van der Waals surface area contributed by atoms with Crippen molar-refractivity contribution in [1.82, 2.24) is 0 Å². The Labute approximate surface area is 132 Å². The first kappa shape index (κ1) is 15.5. The second-order valence-corrected chi connectivity index (χ2v) is 6.36. The Morgan fingerprint density at radius 2 is 1.73 bits per heavy atom. The van der Waals surface area contributed by atoms with Gasteiger partial charge in [0.2, 0.25) is 0 Å². The molecule has 2 aliphatic rings. The summed E-state index contributed by atoms with van der Waals surface area (Å²) >= 11 is 0. The van der Waals surface area contributed by atoms with Crippen molar-refractivity contribution in [3.05, 3.63) is 17.7 Å². The lowest BCUT2D eigenvalue weighted by Crippen LogP contribution is -2.44. The van der Waals surface area contributed by atoms with E-state index in [1.165, 1.54) is 19.3 Å². The van der Waals surface area contributed by atoms with Crippen LogP contribution in [0, 0.1) is 0 Å². The molecule has 1 heterocycles. The zero-order chi connectivity index (χ0) is 15.6. The highest BCUT2D eigenvalue weighted by atomic mass is 16.5. The van der Waals surface area contributed by atoms with Gasteiger partial charge in [-0.15, -0.1) is 0 Å². The molecule has 1 unspecified atom stereocenters. The molecule has 0 amide bonds. The second kappa shape index (κ2) is 6.37. The minimum Gasteiger partial charge on any atom is -0.490 e. The third-order valence-corrected chi connectivity index (χ3v) is 4.76. The van der Waals surface area contributed by atoms with Crippen molar-refractivity contribution in [2.24, 2.45) is 5.73 Å². The molecular formula is C18H27NO3. The van der Waals surface area contributed by atoms with E-state index in [9.17, 15) is 0 Å². The van der Waals surface area contributed by atoms with E-state index in [4.69, 9.17) is 19.9 Å². The number of rotatable bonds is 4. The van der Waals surface area contributed by atoms with E-state index in [2.05, 4.69) is 0 Å². The van der Waals surface area contributed by atoms with Crippen LogP contribution >= 0.6 is 0 Å². The highest BCUT2D eigenvalue weighted by Crippen LogP contribution is 2.48. The van der Waals surface area contributed by atoms with Gasteiger partial charge in [-0.1, -0.05) is 6.42 Å². The van der Waals surface area contributed by atoms with E-state index in [0.29, 0.717) is 13.2 Å². The van der Waals surface area contributed by atoms with Crippen LogP contribution in [0.2, 0.25) is 0 Å². The van der Waals surface area contributed by atoms with E-state index in [-0.39, 0.29) is 11.6 Å². The van der Waals surface area contributed by atoms with Crippen LogP contribution in [-0.2, 0) is 0 Å². The third-order valence-electron chi connectivity index (χ3n) is 4.76. The molecule has 1 saturated carbocycles. The SMILES string of the molecule is CCOc1cc2c(cc1OCC)C(N)CC1(CCCCC1)O2. The molecule has 0 bridgehead atoms. The predicted octanol–water partition coefficient (Wildman–Crippen LogP) is 3.97. The summed E-state index contributed by atoms with van der Waals surface area (Å²) in [6.07, 6.45) is 6.89. The Morgan fingerprint density at radius 1 is 1.09 bits per heavy atom. The molecular weight excluding hydrogens is 278 g/mol. The van der Waals surface area contributed by atoms with Gasteiger partial charge in [-0.3, -0.25) is 0 Å². The minimum atomic E-state index is -0.0682. The zero-order valence-corrected chi connectivity index (χ0v) is 13.7. The van der Waals surface area contributed by atoms with Crippen molar-refractivity contribution in [2.45, 2.75) is 64.0 Å². The third kappa shape index (κ3) is 2.89. The number of ether oxygens (including phenoxy) is 3. The monoisotopic (exact) mass is 305 g/mol. The van der Waals surface area contributed by atoms with Crippen molar-refractivity contribution in [2.75, 3.05) is 13.2 Å². The lowest BCUT2D eigenvalue weighted by molar-refractivity contribution is 0.00157. The van der Waals surface area contributed by atoms with Crippen molar-refractivity contribution < 1.29 is 14.2 Å².